The number of aryl methyl sites for hydroxylation is 1. The fourth-order valence-corrected chi connectivity index (χ4v) is 5.52. The smallest absolute Gasteiger partial charge is 0.317 e. The van der Waals surface area contributed by atoms with Gasteiger partial charge in [0.15, 0.2) is 0 Å². The third-order valence-corrected chi connectivity index (χ3v) is 7.05. The number of nitrogens with one attached hydrogen (secondary N) is 1. The highest BCUT2D eigenvalue weighted by molar-refractivity contribution is 5.91. The number of carbonyl (C=O) groups excluding carboxylic acids is 1. The quantitative estimate of drug-likeness (QED) is 0.771. The number of rotatable bonds is 4. The maximum atomic E-state index is 12.7. The summed E-state index contributed by atoms with van der Waals surface area (Å²) < 4.78 is 7.37. The zero-order chi connectivity index (χ0) is 22.1. The summed E-state index contributed by atoms with van der Waals surface area (Å²) in [6, 6.07) is 7.25. The lowest BCUT2D eigenvalue weighted by molar-refractivity contribution is 0.124. The minimum Gasteiger partial charge on any atom is -0.372 e. The topological polar surface area (TPSA) is 49.7 Å². The van der Waals surface area contributed by atoms with Crippen LogP contribution in [0.15, 0.2) is 18.2 Å². The van der Waals surface area contributed by atoms with E-state index in [1.54, 1.807) is 7.11 Å². The molecule has 1 aliphatic carbocycles. The molecule has 2 aliphatic rings. The lowest BCUT2D eigenvalue weighted by Gasteiger charge is -2.46. The molecule has 2 heterocycles. The Morgan fingerprint density at radius 3 is 2.77 bits per heavy atom. The van der Waals surface area contributed by atoms with Gasteiger partial charge in [0.25, 0.3) is 0 Å². The van der Waals surface area contributed by atoms with Gasteiger partial charge in [0, 0.05) is 62.7 Å². The lowest BCUT2D eigenvalue weighted by Crippen LogP contribution is -2.56. The molecule has 1 fully saturated rings. The molecule has 6 nitrogen and oxygen atoms in total. The molecule has 2 amide bonds. The van der Waals surface area contributed by atoms with E-state index in [2.05, 4.69) is 58.9 Å². The van der Waals surface area contributed by atoms with E-state index in [9.17, 15) is 4.79 Å². The van der Waals surface area contributed by atoms with Gasteiger partial charge in [-0.15, -0.1) is 0 Å². The molecule has 4 rings (SSSR count). The number of carbonyl (C=O) groups is 1. The molecule has 1 aromatic carbocycles. The number of urea groups is 1. The van der Waals surface area contributed by atoms with E-state index in [1.165, 1.54) is 22.0 Å². The molecule has 1 N–H and O–H groups in total. The molecule has 1 aliphatic heterocycles. The summed E-state index contributed by atoms with van der Waals surface area (Å²) in [4.78, 5) is 17.0. The molecular formula is C25H34N4O2. The van der Waals surface area contributed by atoms with Crippen molar-refractivity contribution in [2.24, 2.45) is 7.05 Å². The van der Waals surface area contributed by atoms with Gasteiger partial charge in [0.05, 0.1) is 5.69 Å². The Morgan fingerprint density at radius 1 is 1.29 bits per heavy atom. The van der Waals surface area contributed by atoms with Gasteiger partial charge in [-0.25, -0.2) is 4.79 Å². The molecule has 1 saturated heterocycles. The van der Waals surface area contributed by atoms with Crippen molar-refractivity contribution in [1.29, 1.82) is 0 Å². The predicted molar refractivity (Wildman–Crippen MR) is 124 cm³/mol. The zero-order valence-electron chi connectivity index (χ0n) is 19.4. The second-order valence-electron chi connectivity index (χ2n) is 8.73. The van der Waals surface area contributed by atoms with Crippen LogP contribution in [-0.2, 0) is 18.2 Å². The van der Waals surface area contributed by atoms with Crippen LogP contribution in [0.25, 0.3) is 10.9 Å². The van der Waals surface area contributed by atoms with Gasteiger partial charge in [0.2, 0.25) is 0 Å². The molecule has 0 unspecified atom stereocenters. The lowest BCUT2D eigenvalue weighted by atomic mass is 9.73. The van der Waals surface area contributed by atoms with Crippen LogP contribution < -0.4 is 5.32 Å². The van der Waals surface area contributed by atoms with Crippen molar-refractivity contribution in [3.63, 3.8) is 0 Å². The first-order valence-electron chi connectivity index (χ1n) is 11.3. The molecule has 31 heavy (non-hydrogen) atoms. The third-order valence-electron chi connectivity index (χ3n) is 7.05. The first-order valence-corrected chi connectivity index (χ1v) is 11.3. The number of amides is 2. The highest BCUT2D eigenvalue weighted by atomic mass is 16.5. The molecule has 0 spiro atoms. The zero-order valence-corrected chi connectivity index (χ0v) is 19.4. The Bertz CT molecular complexity index is 1030. The second kappa shape index (κ2) is 8.94. The number of methoxy groups -OCH3 is 1. The number of hydrogen-bond donors (Lipinski definition) is 1. The summed E-state index contributed by atoms with van der Waals surface area (Å²) in [5.41, 5.74) is 5.09. The largest absolute Gasteiger partial charge is 0.372 e. The summed E-state index contributed by atoms with van der Waals surface area (Å²) >= 11 is 0. The highest BCUT2D eigenvalue weighted by Crippen LogP contribution is 2.44. The molecule has 6 heteroatoms. The maximum Gasteiger partial charge on any atom is 0.317 e. The Hall–Kier alpha value is -2.49. The van der Waals surface area contributed by atoms with Crippen molar-refractivity contribution >= 4 is 16.9 Å². The summed E-state index contributed by atoms with van der Waals surface area (Å²) in [7, 11) is 5.98. The minimum absolute atomic E-state index is 0.0481. The van der Waals surface area contributed by atoms with Crippen molar-refractivity contribution in [3.8, 4) is 11.8 Å². The van der Waals surface area contributed by atoms with Crippen molar-refractivity contribution in [2.75, 3.05) is 40.4 Å². The number of aromatic nitrogens is 1. The van der Waals surface area contributed by atoms with Crippen LogP contribution in [0.3, 0.4) is 0 Å². The molecule has 0 radical (unpaired) electrons. The van der Waals surface area contributed by atoms with Gasteiger partial charge < -0.3 is 24.4 Å². The first kappa shape index (κ1) is 21.7. The van der Waals surface area contributed by atoms with E-state index in [4.69, 9.17) is 4.74 Å². The Labute approximate surface area is 185 Å². The van der Waals surface area contributed by atoms with Crippen molar-refractivity contribution < 1.29 is 9.53 Å². The van der Waals surface area contributed by atoms with E-state index in [0.29, 0.717) is 18.6 Å². The predicted octanol–water partition coefficient (Wildman–Crippen LogP) is 2.94. The highest BCUT2D eigenvalue weighted by Gasteiger charge is 2.41. The average Bonchev–Trinajstić information content (AvgIpc) is 3.03. The Kier molecular flexibility index (Phi) is 6.27. The van der Waals surface area contributed by atoms with Crippen molar-refractivity contribution in [1.82, 2.24) is 19.7 Å². The molecule has 3 atom stereocenters. The van der Waals surface area contributed by atoms with Crippen molar-refractivity contribution in [2.45, 2.75) is 44.7 Å². The summed E-state index contributed by atoms with van der Waals surface area (Å²) in [6.45, 7) is 6.83. The SMILES string of the molecule is CCN(CC)C(=O)N[C@H]1C[C@@H]2c3cccc4c3c(c(C#CCOC)n4C)C[C@H]2N(C)C1. The van der Waals surface area contributed by atoms with Crippen LogP contribution in [0, 0.1) is 11.8 Å². The van der Waals surface area contributed by atoms with Gasteiger partial charge in [-0.1, -0.05) is 18.1 Å². The van der Waals surface area contributed by atoms with Gasteiger partial charge in [-0.05, 0) is 56.9 Å². The van der Waals surface area contributed by atoms with Crippen LogP contribution in [-0.4, -0.2) is 72.9 Å². The number of nitrogens with zero attached hydrogens (tertiary/aromatic N) is 3. The molecule has 1 aromatic heterocycles. The van der Waals surface area contributed by atoms with Crippen LogP contribution in [0.2, 0.25) is 0 Å². The average molecular weight is 423 g/mol. The molecule has 2 aromatic rings. The Balaban J connectivity index is 1.69. The molecule has 0 bridgehead atoms. The minimum atomic E-state index is 0.0481. The molecule has 0 saturated carbocycles. The Morgan fingerprint density at radius 2 is 2.06 bits per heavy atom. The van der Waals surface area contributed by atoms with Crippen molar-refractivity contribution in [3.05, 3.63) is 35.0 Å². The monoisotopic (exact) mass is 422 g/mol. The van der Waals surface area contributed by atoms with Crippen LogP contribution >= 0.6 is 0 Å². The number of benzene rings is 1. The summed E-state index contributed by atoms with van der Waals surface area (Å²) in [5.74, 6) is 6.91. The first-order chi connectivity index (χ1) is 15.0. The summed E-state index contributed by atoms with van der Waals surface area (Å²) in [5, 5.41) is 4.65. The normalized spacial score (nSPS) is 22.5. The van der Waals surface area contributed by atoms with E-state index in [-0.39, 0.29) is 12.1 Å². The fourth-order valence-electron chi connectivity index (χ4n) is 5.52. The third kappa shape index (κ3) is 3.81. The van der Waals surface area contributed by atoms with Crippen LogP contribution in [0.1, 0.15) is 43.0 Å². The molecule has 166 valence electrons. The van der Waals surface area contributed by atoms with E-state index in [1.807, 2.05) is 18.7 Å². The number of hydrogen-bond acceptors (Lipinski definition) is 3. The standard InChI is InChI=1S/C25H34N4O2/c1-6-29(7-2)25(30)26-17-14-19-18-10-8-11-22-24(18)20(15-23(19)27(3)16-17)21(28(22)4)12-9-13-31-5/h8,10-11,17,19,23H,6-7,13-16H2,1-5H3,(H,26,30)/t17-,19+,23+/m0/s1. The van der Waals surface area contributed by atoms with Crippen LogP contribution in [0.5, 0.6) is 0 Å². The van der Waals surface area contributed by atoms with E-state index < -0.39 is 0 Å². The number of fused-ring (bicyclic) bond motifs is 2. The van der Waals surface area contributed by atoms with E-state index in [0.717, 1.165) is 38.2 Å². The van der Waals surface area contributed by atoms with Gasteiger partial charge in [0.1, 0.15) is 6.61 Å². The van der Waals surface area contributed by atoms with Gasteiger partial charge >= 0.3 is 6.03 Å². The maximum absolute atomic E-state index is 12.7. The number of ether oxygens (including phenoxy) is 1. The second-order valence-corrected chi connectivity index (χ2v) is 8.73. The van der Waals surface area contributed by atoms with Gasteiger partial charge in [-0.3, -0.25) is 0 Å². The fraction of sp³-hybridized carbons (Fsp3) is 0.560. The van der Waals surface area contributed by atoms with Crippen LogP contribution in [0.4, 0.5) is 4.79 Å². The van der Waals surface area contributed by atoms with Gasteiger partial charge in [-0.2, -0.15) is 0 Å². The summed E-state index contributed by atoms with van der Waals surface area (Å²) in [6.07, 6.45) is 1.96. The molecular weight excluding hydrogens is 388 g/mol. The number of likely N-dealkylation sites (tertiary alicyclic amines) is 1. The van der Waals surface area contributed by atoms with E-state index >= 15 is 0 Å². The number of piperidine rings is 1. The number of likely N-dealkylation sites (N-methyl/N-ethyl adjacent to an activating group) is 1.